The van der Waals surface area contributed by atoms with E-state index in [1.807, 2.05) is 6.92 Å². The number of amides is 3. The van der Waals surface area contributed by atoms with Gasteiger partial charge in [-0.15, -0.1) is 0 Å². The monoisotopic (exact) mass is 574 g/mol. The van der Waals surface area contributed by atoms with Crippen LogP contribution in [-0.4, -0.2) is 67.7 Å². The second-order valence-electron chi connectivity index (χ2n) is 9.52. The first-order valence-electron chi connectivity index (χ1n) is 12.9. The standard InChI is InChI=1S/C26H34N6O7S/c1-18-7-13-21(14-8-18)40(38,39)28-17-24(33)31-16-4-6-23(31)26(35)30-22(5-2-3-15-27)25(34)29-19-9-11-20(12-10-19)32(36)37/h7-14,22-23,28H,2-6,15-17,27H2,1H3,(H,29,34)(H,30,35). The molecule has 2 aromatic rings. The van der Waals surface area contributed by atoms with Crippen LogP contribution in [0, 0.1) is 17.0 Å². The van der Waals surface area contributed by atoms with Crippen molar-refractivity contribution in [3.05, 3.63) is 64.2 Å². The largest absolute Gasteiger partial charge is 0.343 e. The molecular formula is C26H34N6O7S. The summed E-state index contributed by atoms with van der Waals surface area (Å²) >= 11 is 0. The van der Waals surface area contributed by atoms with Crippen LogP contribution in [0.3, 0.4) is 0 Å². The smallest absolute Gasteiger partial charge is 0.269 e. The molecule has 1 aliphatic rings. The third-order valence-electron chi connectivity index (χ3n) is 6.55. The van der Waals surface area contributed by atoms with E-state index in [2.05, 4.69) is 15.4 Å². The van der Waals surface area contributed by atoms with Gasteiger partial charge in [0.05, 0.1) is 16.4 Å². The maximum atomic E-state index is 13.2. The molecule has 0 saturated carbocycles. The van der Waals surface area contributed by atoms with Gasteiger partial charge in [0, 0.05) is 24.4 Å². The molecule has 0 aliphatic carbocycles. The number of likely N-dealkylation sites (tertiary alicyclic amines) is 1. The SMILES string of the molecule is Cc1ccc(S(=O)(=O)NCC(=O)N2CCCC2C(=O)NC(CCCCN)C(=O)Nc2ccc([N+](=O)[O-])cc2)cc1. The fourth-order valence-corrected chi connectivity index (χ4v) is 5.30. The van der Waals surface area contributed by atoms with E-state index in [9.17, 15) is 32.9 Å². The number of aryl methyl sites for hydroxylation is 1. The number of carbonyl (C=O) groups excluding carboxylic acids is 3. The second kappa shape index (κ2) is 14.0. The van der Waals surface area contributed by atoms with Gasteiger partial charge in [-0.05, 0) is 69.8 Å². The molecule has 1 saturated heterocycles. The molecule has 14 heteroatoms. The van der Waals surface area contributed by atoms with Crippen LogP contribution in [0.5, 0.6) is 0 Å². The summed E-state index contributed by atoms with van der Waals surface area (Å²) in [4.78, 5) is 50.8. The zero-order valence-corrected chi connectivity index (χ0v) is 23.0. The number of nitro benzene ring substituents is 1. The Morgan fingerprint density at radius 1 is 1.10 bits per heavy atom. The lowest BCUT2D eigenvalue weighted by molar-refractivity contribution is -0.384. The van der Waals surface area contributed by atoms with E-state index >= 15 is 0 Å². The quantitative estimate of drug-likeness (QED) is 0.157. The van der Waals surface area contributed by atoms with E-state index in [1.54, 1.807) is 12.1 Å². The van der Waals surface area contributed by atoms with Crippen molar-refractivity contribution in [2.45, 2.75) is 56.0 Å². The number of anilines is 1. The molecule has 0 spiro atoms. The van der Waals surface area contributed by atoms with Crippen molar-refractivity contribution in [2.24, 2.45) is 5.73 Å². The number of hydrogen-bond acceptors (Lipinski definition) is 8. The molecule has 5 N–H and O–H groups in total. The number of carbonyl (C=O) groups is 3. The topological polar surface area (TPSA) is 194 Å². The molecule has 0 aromatic heterocycles. The molecule has 1 aliphatic heterocycles. The van der Waals surface area contributed by atoms with Gasteiger partial charge in [0.15, 0.2) is 0 Å². The number of unbranched alkanes of at least 4 members (excludes halogenated alkanes) is 1. The van der Waals surface area contributed by atoms with E-state index in [0.717, 1.165) is 5.56 Å². The average Bonchev–Trinajstić information content (AvgIpc) is 3.42. The van der Waals surface area contributed by atoms with Crippen molar-refractivity contribution >= 4 is 39.1 Å². The van der Waals surface area contributed by atoms with Crippen LogP contribution in [0.25, 0.3) is 0 Å². The summed E-state index contributed by atoms with van der Waals surface area (Å²) in [6, 6.07) is 9.69. The number of nitro groups is 1. The molecule has 3 rings (SSSR count). The number of nitrogens with two attached hydrogens (primary N) is 1. The van der Waals surface area contributed by atoms with Crippen LogP contribution in [0.4, 0.5) is 11.4 Å². The summed E-state index contributed by atoms with van der Waals surface area (Å²) in [7, 11) is -3.92. The third-order valence-corrected chi connectivity index (χ3v) is 7.96. The summed E-state index contributed by atoms with van der Waals surface area (Å²) < 4.78 is 27.4. The van der Waals surface area contributed by atoms with Gasteiger partial charge in [0.2, 0.25) is 27.7 Å². The minimum Gasteiger partial charge on any atom is -0.343 e. The predicted molar refractivity (Wildman–Crippen MR) is 148 cm³/mol. The van der Waals surface area contributed by atoms with Crippen molar-refractivity contribution in [1.29, 1.82) is 0 Å². The highest BCUT2D eigenvalue weighted by atomic mass is 32.2. The number of benzene rings is 2. The number of non-ortho nitro benzene ring substituents is 1. The molecule has 0 bridgehead atoms. The number of sulfonamides is 1. The molecule has 2 unspecified atom stereocenters. The Bertz CT molecular complexity index is 1320. The molecular weight excluding hydrogens is 540 g/mol. The van der Waals surface area contributed by atoms with Crippen LogP contribution in [0.15, 0.2) is 53.4 Å². The highest BCUT2D eigenvalue weighted by molar-refractivity contribution is 7.89. The van der Waals surface area contributed by atoms with Crippen LogP contribution in [0.2, 0.25) is 0 Å². The van der Waals surface area contributed by atoms with Crippen LogP contribution < -0.4 is 21.1 Å². The van der Waals surface area contributed by atoms with Crippen molar-refractivity contribution < 1.29 is 27.7 Å². The first kappa shape index (κ1) is 30.7. The number of nitrogens with zero attached hydrogens (tertiary/aromatic N) is 2. The highest BCUT2D eigenvalue weighted by Gasteiger charge is 2.36. The van der Waals surface area contributed by atoms with Gasteiger partial charge in [-0.1, -0.05) is 17.7 Å². The van der Waals surface area contributed by atoms with E-state index in [1.165, 1.54) is 41.3 Å². The Kier molecular flexibility index (Phi) is 10.7. The van der Waals surface area contributed by atoms with Crippen LogP contribution in [0.1, 0.15) is 37.7 Å². The van der Waals surface area contributed by atoms with E-state index < -0.39 is 51.3 Å². The van der Waals surface area contributed by atoms with Gasteiger partial charge in [-0.2, -0.15) is 0 Å². The van der Waals surface area contributed by atoms with Crippen molar-refractivity contribution in [2.75, 3.05) is 25.0 Å². The third kappa shape index (κ3) is 8.31. The molecule has 1 fully saturated rings. The fraction of sp³-hybridized carbons (Fsp3) is 0.423. The lowest BCUT2D eigenvalue weighted by Crippen LogP contribution is -2.53. The summed E-state index contributed by atoms with van der Waals surface area (Å²) in [5, 5.41) is 16.3. The summed E-state index contributed by atoms with van der Waals surface area (Å²) in [5.74, 6) is -1.59. The normalized spacial score (nSPS) is 15.8. The Morgan fingerprint density at radius 2 is 1.77 bits per heavy atom. The first-order chi connectivity index (χ1) is 19.0. The zero-order valence-electron chi connectivity index (χ0n) is 22.2. The molecule has 1 heterocycles. The number of rotatable bonds is 13. The van der Waals surface area contributed by atoms with Crippen molar-refractivity contribution in [1.82, 2.24) is 14.9 Å². The van der Waals surface area contributed by atoms with E-state index in [0.29, 0.717) is 44.3 Å². The predicted octanol–water partition coefficient (Wildman–Crippen LogP) is 1.43. The molecule has 2 aromatic carbocycles. The Labute approximate surface area is 232 Å². The van der Waals surface area contributed by atoms with Gasteiger partial charge in [-0.3, -0.25) is 24.5 Å². The maximum absolute atomic E-state index is 13.2. The van der Waals surface area contributed by atoms with Gasteiger partial charge in [0.1, 0.15) is 12.1 Å². The van der Waals surface area contributed by atoms with Crippen LogP contribution >= 0.6 is 0 Å². The Balaban J connectivity index is 1.64. The molecule has 216 valence electrons. The molecule has 2 atom stereocenters. The minimum atomic E-state index is -3.92. The molecule has 0 radical (unpaired) electrons. The van der Waals surface area contributed by atoms with Crippen molar-refractivity contribution in [3.63, 3.8) is 0 Å². The minimum absolute atomic E-state index is 0.0287. The highest BCUT2D eigenvalue weighted by Crippen LogP contribution is 2.20. The summed E-state index contributed by atoms with van der Waals surface area (Å²) in [6.45, 7) is 2.00. The molecule has 3 amide bonds. The first-order valence-corrected chi connectivity index (χ1v) is 14.4. The summed E-state index contributed by atoms with van der Waals surface area (Å²) in [6.07, 6.45) is 2.39. The van der Waals surface area contributed by atoms with Crippen molar-refractivity contribution in [3.8, 4) is 0 Å². The Morgan fingerprint density at radius 3 is 2.40 bits per heavy atom. The maximum Gasteiger partial charge on any atom is 0.269 e. The lowest BCUT2D eigenvalue weighted by atomic mass is 10.1. The number of hydrogen-bond donors (Lipinski definition) is 4. The molecule has 40 heavy (non-hydrogen) atoms. The van der Waals surface area contributed by atoms with Gasteiger partial charge >= 0.3 is 0 Å². The van der Waals surface area contributed by atoms with Gasteiger partial charge in [-0.25, -0.2) is 13.1 Å². The average molecular weight is 575 g/mol. The van der Waals surface area contributed by atoms with E-state index in [4.69, 9.17) is 5.73 Å². The Hall–Kier alpha value is -3.88. The van der Waals surface area contributed by atoms with Crippen LogP contribution in [-0.2, 0) is 24.4 Å². The lowest BCUT2D eigenvalue weighted by Gasteiger charge is -2.26. The zero-order chi connectivity index (χ0) is 29.3. The van der Waals surface area contributed by atoms with E-state index in [-0.39, 0.29) is 17.1 Å². The number of nitrogens with one attached hydrogen (secondary N) is 3. The second-order valence-corrected chi connectivity index (χ2v) is 11.3. The van der Waals surface area contributed by atoms with Gasteiger partial charge in [0.25, 0.3) is 5.69 Å². The summed E-state index contributed by atoms with van der Waals surface area (Å²) in [5.41, 5.74) is 6.66. The van der Waals surface area contributed by atoms with Gasteiger partial charge < -0.3 is 21.3 Å². The molecule has 13 nitrogen and oxygen atoms in total. The fourth-order valence-electron chi connectivity index (χ4n) is 4.32.